The number of H-pyrrole nitrogens is 1. The zero-order chi connectivity index (χ0) is 20.6. The van der Waals surface area contributed by atoms with Gasteiger partial charge in [0.1, 0.15) is 0 Å². The maximum Gasteiger partial charge on any atom is 0.289 e. The second kappa shape index (κ2) is 7.26. The second-order valence-corrected chi connectivity index (χ2v) is 8.47. The summed E-state index contributed by atoms with van der Waals surface area (Å²) in [6.45, 7) is 0.477. The lowest BCUT2D eigenvalue weighted by Gasteiger charge is -2.34. The largest absolute Gasteiger partial charge is 0.336 e. The van der Waals surface area contributed by atoms with Crippen LogP contribution >= 0.6 is 0 Å². The Bertz CT molecular complexity index is 1200. The summed E-state index contributed by atoms with van der Waals surface area (Å²) >= 11 is 0. The molecule has 0 saturated carbocycles. The van der Waals surface area contributed by atoms with Crippen molar-refractivity contribution in [3.05, 3.63) is 64.3 Å². The molecule has 0 aliphatic carbocycles. The molecular formula is C18H17N5O5S. The van der Waals surface area contributed by atoms with Gasteiger partial charge < -0.3 is 4.90 Å². The maximum absolute atomic E-state index is 12.9. The highest BCUT2D eigenvalue weighted by Gasteiger charge is 2.34. The molecule has 1 fully saturated rings. The van der Waals surface area contributed by atoms with Crippen LogP contribution in [-0.2, 0) is 10.0 Å². The molecule has 1 amide bonds. The quantitative estimate of drug-likeness (QED) is 0.509. The van der Waals surface area contributed by atoms with Crippen molar-refractivity contribution in [1.29, 1.82) is 0 Å². The number of rotatable bonds is 4. The molecule has 1 N–H and O–H groups in total. The maximum atomic E-state index is 12.9. The van der Waals surface area contributed by atoms with Gasteiger partial charge in [0.25, 0.3) is 11.6 Å². The van der Waals surface area contributed by atoms with Crippen molar-refractivity contribution in [3.8, 4) is 0 Å². The molecule has 2 aromatic carbocycles. The lowest BCUT2D eigenvalue weighted by atomic mass is 10.1. The number of benzene rings is 2. The number of sulfonamides is 1. The summed E-state index contributed by atoms with van der Waals surface area (Å²) in [6, 6.07) is 10.6. The number of nitro groups is 1. The van der Waals surface area contributed by atoms with Gasteiger partial charge in [0.2, 0.25) is 10.0 Å². The van der Waals surface area contributed by atoms with E-state index >= 15 is 0 Å². The van der Waals surface area contributed by atoms with E-state index in [-0.39, 0.29) is 37.0 Å². The molecule has 0 bridgehead atoms. The summed E-state index contributed by atoms with van der Waals surface area (Å²) in [6.07, 6.45) is 1.63. The molecule has 0 spiro atoms. The molecule has 0 atom stereocenters. The third kappa shape index (κ3) is 3.34. The number of nitrogens with zero attached hydrogens (tertiary/aromatic N) is 4. The van der Waals surface area contributed by atoms with Gasteiger partial charge in [-0.05, 0) is 12.1 Å². The first kappa shape index (κ1) is 19.0. The van der Waals surface area contributed by atoms with Gasteiger partial charge in [-0.15, -0.1) is 0 Å². The number of carbonyl (C=O) groups excluding carboxylic acids is 1. The molecule has 4 rings (SSSR count). The molecule has 11 heteroatoms. The van der Waals surface area contributed by atoms with Crippen molar-refractivity contribution >= 4 is 32.5 Å². The first-order chi connectivity index (χ1) is 13.9. The van der Waals surface area contributed by atoms with Gasteiger partial charge in [-0.3, -0.25) is 20.0 Å². The first-order valence-electron chi connectivity index (χ1n) is 8.84. The number of amides is 1. The van der Waals surface area contributed by atoms with Crippen molar-refractivity contribution in [1.82, 2.24) is 19.4 Å². The summed E-state index contributed by atoms with van der Waals surface area (Å²) in [4.78, 5) is 24.6. The van der Waals surface area contributed by atoms with Gasteiger partial charge in [0.05, 0.1) is 22.2 Å². The highest BCUT2D eigenvalue weighted by molar-refractivity contribution is 7.89. The number of para-hydroxylation sites is 2. The van der Waals surface area contributed by atoms with Crippen LogP contribution in [0.1, 0.15) is 10.4 Å². The molecule has 0 radical (unpaired) electrons. The van der Waals surface area contributed by atoms with Crippen molar-refractivity contribution < 1.29 is 18.1 Å². The van der Waals surface area contributed by atoms with Crippen molar-refractivity contribution in [3.63, 3.8) is 0 Å². The van der Waals surface area contributed by atoms with Gasteiger partial charge in [0.15, 0.2) is 4.90 Å². The molecule has 1 aliphatic rings. The molecule has 0 unspecified atom stereocenters. The Morgan fingerprint density at radius 1 is 1.07 bits per heavy atom. The van der Waals surface area contributed by atoms with Crippen LogP contribution in [0.5, 0.6) is 0 Å². The molecule has 1 aromatic heterocycles. The van der Waals surface area contributed by atoms with E-state index in [0.717, 1.165) is 11.5 Å². The Morgan fingerprint density at radius 3 is 2.52 bits per heavy atom. The standard InChI is InChI=1S/C18H17N5O5S/c24-18(14-5-3-4-13-12-19-20-17(13)14)21-8-10-22(11-9-21)29(27,28)16-7-2-1-6-15(16)23(25)26/h1-7,12H,8-11H2,(H,19,20). The summed E-state index contributed by atoms with van der Waals surface area (Å²) in [5.41, 5.74) is 0.638. The van der Waals surface area contributed by atoms with E-state index in [2.05, 4.69) is 10.2 Å². The lowest BCUT2D eigenvalue weighted by Crippen LogP contribution is -2.50. The lowest BCUT2D eigenvalue weighted by molar-refractivity contribution is -0.387. The Hall–Kier alpha value is -3.31. The molecule has 150 valence electrons. The highest BCUT2D eigenvalue weighted by Crippen LogP contribution is 2.27. The number of nitro benzene ring substituents is 1. The van der Waals surface area contributed by atoms with Gasteiger partial charge in [-0.25, -0.2) is 8.42 Å². The smallest absolute Gasteiger partial charge is 0.289 e. The van der Waals surface area contributed by atoms with Crippen LogP contribution in [0, 0.1) is 10.1 Å². The first-order valence-corrected chi connectivity index (χ1v) is 10.3. The number of piperazine rings is 1. The summed E-state index contributed by atoms with van der Waals surface area (Å²) in [5.74, 6) is -0.220. The van der Waals surface area contributed by atoms with Crippen molar-refractivity contribution in [2.24, 2.45) is 0 Å². The van der Waals surface area contributed by atoms with Crippen molar-refractivity contribution in [2.45, 2.75) is 4.90 Å². The minimum Gasteiger partial charge on any atom is -0.336 e. The van der Waals surface area contributed by atoms with E-state index in [1.807, 2.05) is 6.07 Å². The molecule has 1 saturated heterocycles. The third-order valence-electron chi connectivity index (χ3n) is 4.91. The van der Waals surface area contributed by atoms with Crippen LogP contribution in [0.2, 0.25) is 0 Å². The fraction of sp³-hybridized carbons (Fsp3) is 0.222. The Morgan fingerprint density at radius 2 is 1.79 bits per heavy atom. The van der Waals surface area contributed by atoms with E-state index in [1.54, 1.807) is 23.2 Å². The van der Waals surface area contributed by atoms with Crippen LogP contribution in [0.3, 0.4) is 0 Å². The van der Waals surface area contributed by atoms with E-state index in [9.17, 15) is 23.3 Å². The van der Waals surface area contributed by atoms with E-state index in [0.29, 0.717) is 11.1 Å². The van der Waals surface area contributed by atoms with Crippen molar-refractivity contribution in [2.75, 3.05) is 26.2 Å². The number of aromatic nitrogens is 2. The Balaban J connectivity index is 1.53. The zero-order valence-corrected chi connectivity index (χ0v) is 16.0. The molecule has 29 heavy (non-hydrogen) atoms. The summed E-state index contributed by atoms with van der Waals surface area (Å²) < 4.78 is 27.0. The van der Waals surface area contributed by atoms with E-state index < -0.39 is 20.6 Å². The minimum absolute atomic E-state index is 0.0546. The summed E-state index contributed by atoms with van der Waals surface area (Å²) in [5, 5.41) is 18.8. The second-order valence-electron chi connectivity index (χ2n) is 6.56. The van der Waals surface area contributed by atoms with Crippen LogP contribution < -0.4 is 0 Å². The van der Waals surface area contributed by atoms with Crippen LogP contribution in [-0.4, -0.2) is 64.8 Å². The van der Waals surface area contributed by atoms with Gasteiger partial charge in [-0.1, -0.05) is 24.3 Å². The van der Waals surface area contributed by atoms with Crippen LogP contribution in [0.15, 0.2) is 53.6 Å². The molecule has 1 aliphatic heterocycles. The van der Waals surface area contributed by atoms with E-state index in [4.69, 9.17) is 0 Å². The number of carbonyl (C=O) groups is 1. The van der Waals surface area contributed by atoms with Gasteiger partial charge >= 0.3 is 0 Å². The Labute approximate surface area is 165 Å². The predicted octanol–water partition coefficient (Wildman–Crippen LogP) is 1.62. The van der Waals surface area contributed by atoms with Gasteiger partial charge in [-0.2, -0.15) is 9.40 Å². The normalized spacial score (nSPS) is 15.5. The van der Waals surface area contributed by atoms with Gasteiger partial charge in [0, 0.05) is 37.6 Å². The number of hydrogen-bond acceptors (Lipinski definition) is 6. The fourth-order valence-electron chi connectivity index (χ4n) is 3.41. The molecular weight excluding hydrogens is 398 g/mol. The number of aromatic amines is 1. The summed E-state index contributed by atoms with van der Waals surface area (Å²) in [7, 11) is -4.04. The SMILES string of the molecule is O=C(c1cccc2cn[nH]c12)N1CCN(S(=O)(=O)c2ccccc2[N+](=O)[O-])CC1. The number of hydrogen-bond donors (Lipinski definition) is 1. The molecule has 2 heterocycles. The van der Waals surface area contributed by atoms with E-state index in [1.165, 1.54) is 22.5 Å². The third-order valence-corrected chi connectivity index (χ3v) is 6.86. The highest BCUT2D eigenvalue weighted by atomic mass is 32.2. The molecule has 3 aromatic rings. The Kier molecular flexibility index (Phi) is 4.76. The number of fused-ring (bicyclic) bond motifs is 1. The van der Waals surface area contributed by atoms with Crippen LogP contribution in [0.4, 0.5) is 5.69 Å². The topological polar surface area (TPSA) is 130 Å². The molecule has 10 nitrogen and oxygen atoms in total. The predicted molar refractivity (Wildman–Crippen MR) is 104 cm³/mol. The van der Waals surface area contributed by atoms with Crippen LogP contribution in [0.25, 0.3) is 10.9 Å². The fourth-order valence-corrected chi connectivity index (χ4v) is 4.99. The zero-order valence-electron chi connectivity index (χ0n) is 15.2. The minimum atomic E-state index is -4.04. The average Bonchev–Trinajstić information content (AvgIpc) is 3.22. The monoisotopic (exact) mass is 415 g/mol. The number of nitrogens with one attached hydrogen (secondary N) is 1. The average molecular weight is 415 g/mol.